The van der Waals surface area contributed by atoms with E-state index in [1.807, 2.05) is 0 Å². The van der Waals surface area contributed by atoms with E-state index in [1.54, 1.807) is 0 Å². The van der Waals surface area contributed by atoms with Gasteiger partial charge in [0.15, 0.2) is 12.2 Å². The third-order valence-electron chi connectivity index (χ3n) is 17.9. The summed E-state index contributed by atoms with van der Waals surface area (Å²) >= 11 is 0. The zero-order valence-corrected chi connectivity index (χ0v) is 64.8. The summed E-state index contributed by atoms with van der Waals surface area (Å²) in [6.07, 6.45) is 57.7. The highest BCUT2D eigenvalue weighted by Gasteiger charge is 2.30. The van der Waals surface area contributed by atoms with Crippen LogP contribution in [0.4, 0.5) is 0 Å². The number of aliphatic hydroxyl groups is 1. The van der Waals surface area contributed by atoms with Gasteiger partial charge in [-0.05, 0) is 69.1 Å². The molecule has 0 aliphatic rings. The molecule has 6 atom stereocenters. The number of carbonyl (C=O) groups excluding carboxylic acids is 4. The Morgan fingerprint density at radius 2 is 0.608 bits per heavy atom. The van der Waals surface area contributed by atoms with Gasteiger partial charge in [-0.2, -0.15) is 0 Å². The third kappa shape index (κ3) is 70.4. The predicted molar refractivity (Wildman–Crippen MR) is 395 cm³/mol. The summed E-state index contributed by atoms with van der Waals surface area (Å²) < 4.78 is 68.5. The van der Waals surface area contributed by atoms with Crippen molar-refractivity contribution in [3.63, 3.8) is 0 Å². The van der Waals surface area contributed by atoms with Gasteiger partial charge in [0.25, 0.3) is 0 Å². The summed E-state index contributed by atoms with van der Waals surface area (Å²) in [5.41, 5.74) is 0. The quantitative estimate of drug-likeness (QED) is 0.0169. The minimum atomic E-state index is -4.97. The van der Waals surface area contributed by atoms with Gasteiger partial charge in [0.1, 0.15) is 19.3 Å². The first kappa shape index (κ1) is 94.5. The van der Waals surface area contributed by atoms with E-state index in [0.29, 0.717) is 31.6 Å². The second-order valence-electron chi connectivity index (χ2n) is 28.6. The lowest BCUT2D eigenvalue weighted by molar-refractivity contribution is -0.161. The maximum atomic E-state index is 13.1. The number of phosphoric acid groups is 2. The molecule has 0 aliphatic heterocycles. The normalized spacial score (nSPS) is 14.5. The molecule has 0 rings (SSSR count). The number of hydrogen-bond acceptors (Lipinski definition) is 15. The summed E-state index contributed by atoms with van der Waals surface area (Å²) in [7, 11) is -9.93. The largest absolute Gasteiger partial charge is 0.472 e. The highest BCUT2D eigenvalue weighted by atomic mass is 31.2. The second kappa shape index (κ2) is 68.0. The van der Waals surface area contributed by atoms with Crippen molar-refractivity contribution in [1.82, 2.24) is 0 Å². The molecule has 0 saturated carbocycles. The molecule has 0 aromatic heterocycles. The van der Waals surface area contributed by atoms with Crippen LogP contribution in [0.2, 0.25) is 0 Å². The van der Waals surface area contributed by atoms with Crippen molar-refractivity contribution in [2.45, 2.75) is 394 Å². The van der Waals surface area contributed by atoms with Crippen LogP contribution in [0.3, 0.4) is 0 Å². The van der Waals surface area contributed by atoms with E-state index in [4.69, 9.17) is 37.0 Å². The van der Waals surface area contributed by atoms with Gasteiger partial charge in [-0.15, -0.1) is 0 Å². The first-order chi connectivity index (χ1) is 46.8. The number of ether oxygens (including phenoxy) is 4. The first-order valence-corrected chi connectivity index (χ1v) is 42.7. The Bertz CT molecular complexity index is 1980. The Balaban J connectivity index is 5.27. The number of rotatable bonds is 74. The van der Waals surface area contributed by atoms with Gasteiger partial charge in [-0.1, -0.05) is 323 Å². The van der Waals surface area contributed by atoms with Crippen LogP contribution in [-0.2, 0) is 65.4 Å². The zero-order chi connectivity index (χ0) is 71.6. The van der Waals surface area contributed by atoms with Gasteiger partial charge in [0.2, 0.25) is 0 Å². The van der Waals surface area contributed by atoms with E-state index in [1.165, 1.54) is 161 Å². The number of phosphoric ester groups is 2. The molecule has 97 heavy (non-hydrogen) atoms. The SMILES string of the molecule is CCCCCC/C=C\C=C/CCCCCCCC(=O)OC[C@H](COP(=O)(O)OCC(O)COP(=O)(O)OC[C@@H](COC(=O)CCCCCCCCCC(C)C)OC(=O)CCCCCCCCCCCCCCCCCC(C)C)OC(=O)CCCCCCCCCCCCC(C)CC. The summed E-state index contributed by atoms with van der Waals surface area (Å²) in [5, 5.41) is 10.6. The Kier molecular flexibility index (Phi) is 66.3. The molecule has 4 unspecified atom stereocenters. The molecule has 17 nitrogen and oxygen atoms in total. The molecule has 0 fully saturated rings. The van der Waals surface area contributed by atoms with Crippen LogP contribution >= 0.6 is 15.6 Å². The van der Waals surface area contributed by atoms with Crippen LogP contribution in [0.15, 0.2) is 24.3 Å². The van der Waals surface area contributed by atoms with Gasteiger partial charge >= 0.3 is 39.5 Å². The Morgan fingerprint density at radius 3 is 0.918 bits per heavy atom. The highest BCUT2D eigenvalue weighted by Crippen LogP contribution is 2.45. The molecule has 0 radical (unpaired) electrons. The average Bonchev–Trinajstić information content (AvgIpc) is 1.24. The molecule has 572 valence electrons. The monoisotopic (exact) mass is 1420 g/mol. The number of esters is 4. The van der Waals surface area contributed by atoms with Gasteiger partial charge in [0, 0.05) is 25.7 Å². The summed E-state index contributed by atoms with van der Waals surface area (Å²) in [6, 6.07) is 0. The Hall–Kier alpha value is -2.46. The number of aliphatic hydroxyl groups excluding tert-OH is 1. The van der Waals surface area contributed by atoms with Crippen LogP contribution in [0.1, 0.15) is 376 Å². The van der Waals surface area contributed by atoms with E-state index < -0.39 is 97.5 Å². The van der Waals surface area contributed by atoms with Crippen molar-refractivity contribution in [3.8, 4) is 0 Å². The summed E-state index contributed by atoms with van der Waals surface area (Å²) in [6.45, 7) is 11.8. The fourth-order valence-electron chi connectivity index (χ4n) is 11.4. The molecule has 3 N–H and O–H groups in total. The van der Waals surface area contributed by atoms with Crippen LogP contribution in [0.5, 0.6) is 0 Å². The maximum absolute atomic E-state index is 13.1. The van der Waals surface area contributed by atoms with E-state index in [9.17, 15) is 43.2 Å². The van der Waals surface area contributed by atoms with Crippen LogP contribution in [0, 0.1) is 17.8 Å². The molecular weight excluding hydrogens is 1270 g/mol. The fraction of sp³-hybridized carbons (Fsp3) is 0.897. The zero-order valence-electron chi connectivity index (χ0n) is 63.0. The second-order valence-corrected chi connectivity index (χ2v) is 31.5. The summed E-state index contributed by atoms with van der Waals surface area (Å²) in [4.78, 5) is 72.9. The van der Waals surface area contributed by atoms with Crippen LogP contribution in [0.25, 0.3) is 0 Å². The smallest absolute Gasteiger partial charge is 0.462 e. The lowest BCUT2D eigenvalue weighted by Crippen LogP contribution is -2.30. The van der Waals surface area contributed by atoms with E-state index >= 15 is 0 Å². The number of hydrogen-bond donors (Lipinski definition) is 3. The van der Waals surface area contributed by atoms with Crippen molar-refractivity contribution in [1.29, 1.82) is 0 Å². The molecule has 0 bridgehead atoms. The van der Waals surface area contributed by atoms with Crippen LogP contribution < -0.4 is 0 Å². The number of carbonyl (C=O) groups is 4. The minimum absolute atomic E-state index is 0.0991. The molecule has 0 saturated heterocycles. The minimum Gasteiger partial charge on any atom is -0.462 e. The van der Waals surface area contributed by atoms with Gasteiger partial charge in [0.05, 0.1) is 26.4 Å². The molecule has 0 spiro atoms. The van der Waals surface area contributed by atoms with Crippen molar-refractivity contribution in [2.24, 2.45) is 17.8 Å². The molecule has 0 aliphatic carbocycles. The molecular formula is C78H148O17P2. The van der Waals surface area contributed by atoms with Gasteiger partial charge in [-0.25, -0.2) is 9.13 Å². The number of allylic oxidation sites excluding steroid dienone is 4. The molecule has 0 amide bonds. The van der Waals surface area contributed by atoms with Gasteiger partial charge in [-0.3, -0.25) is 37.3 Å². The maximum Gasteiger partial charge on any atom is 0.472 e. The fourth-order valence-corrected chi connectivity index (χ4v) is 13.0. The van der Waals surface area contributed by atoms with Crippen LogP contribution in [-0.4, -0.2) is 96.7 Å². The average molecular weight is 1420 g/mol. The molecule has 0 heterocycles. The third-order valence-corrected chi connectivity index (χ3v) is 19.8. The van der Waals surface area contributed by atoms with Gasteiger partial charge < -0.3 is 33.8 Å². The standard InChI is InChI=1S/C78H148O17P2/c1-8-10-11-12-13-14-15-16-18-22-25-31-38-45-52-59-75(80)88-65-73(94-78(83)62-55-48-40-33-28-27-30-37-44-51-58-71(7)9-2)67-92-96(84,85)90-63-72(79)64-91-97(86,87)93-68-74(66-89-76(81)60-53-46-41-34-36-43-50-57-70(5)6)95-77(82)61-54-47-39-32-26-23-20-17-19-21-24-29-35-42-49-56-69(3)4/h14-16,18,69-74,79H,8-13,17,19-68H2,1-7H3,(H,84,85)(H,86,87)/b15-14-,18-16-/t71?,72?,73-,74-/m1/s1. The van der Waals surface area contributed by atoms with Crippen molar-refractivity contribution < 1.29 is 80.2 Å². The Morgan fingerprint density at radius 1 is 0.340 bits per heavy atom. The lowest BCUT2D eigenvalue weighted by Gasteiger charge is -2.21. The highest BCUT2D eigenvalue weighted by molar-refractivity contribution is 7.47. The first-order valence-electron chi connectivity index (χ1n) is 39.7. The van der Waals surface area contributed by atoms with Crippen molar-refractivity contribution in [3.05, 3.63) is 24.3 Å². The van der Waals surface area contributed by atoms with Crippen molar-refractivity contribution >= 4 is 39.5 Å². The molecule has 19 heteroatoms. The topological polar surface area (TPSA) is 237 Å². The summed E-state index contributed by atoms with van der Waals surface area (Å²) in [5.74, 6) is 0.158. The van der Waals surface area contributed by atoms with E-state index in [2.05, 4.69) is 72.8 Å². The lowest BCUT2D eigenvalue weighted by atomic mass is 9.99. The predicted octanol–water partition coefficient (Wildman–Crippen LogP) is 22.5. The van der Waals surface area contributed by atoms with Crippen molar-refractivity contribution in [2.75, 3.05) is 39.6 Å². The Labute approximate surface area is 592 Å². The molecule has 0 aromatic rings. The van der Waals surface area contributed by atoms with E-state index in [0.717, 1.165) is 127 Å². The number of unbranched alkanes of at least 4 members (excludes halogenated alkanes) is 38. The van der Waals surface area contributed by atoms with E-state index in [-0.39, 0.29) is 25.7 Å². The molecule has 0 aromatic carbocycles.